The first-order chi connectivity index (χ1) is 13.7. The molecule has 28 heavy (non-hydrogen) atoms. The molecule has 0 N–H and O–H groups in total. The minimum absolute atomic E-state index is 0.0725. The quantitative estimate of drug-likeness (QED) is 0.764. The van der Waals surface area contributed by atoms with Gasteiger partial charge < -0.3 is 24.0 Å². The molecular formula is C21H23N3O4. The first-order valence-corrected chi connectivity index (χ1v) is 9.03. The van der Waals surface area contributed by atoms with Crippen molar-refractivity contribution in [1.29, 1.82) is 5.26 Å². The molecule has 0 bridgehead atoms. The number of nitriles is 1. The molecule has 1 heterocycles. The zero-order chi connectivity index (χ0) is 19.9. The van der Waals surface area contributed by atoms with Crippen molar-refractivity contribution >= 4 is 11.6 Å². The SMILES string of the molecule is COc1cc(C#N)ccc1OCC(=O)N1CCN(c2ccccc2OC)CC1. The predicted octanol–water partition coefficient (Wildman–Crippen LogP) is 2.30. The molecule has 0 aromatic heterocycles. The number of hydrogen-bond donors (Lipinski definition) is 0. The molecule has 1 fully saturated rings. The first-order valence-electron chi connectivity index (χ1n) is 9.03. The minimum Gasteiger partial charge on any atom is -0.495 e. The van der Waals surface area contributed by atoms with Gasteiger partial charge in [-0.3, -0.25) is 4.79 Å². The van der Waals surface area contributed by atoms with Crippen LogP contribution in [-0.4, -0.2) is 57.8 Å². The predicted molar refractivity (Wildman–Crippen MR) is 105 cm³/mol. The highest BCUT2D eigenvalue weighted by molar-refractivity contribution is 5.78. The normalized spacial score (nSPS) is 13.6. The maximum Gasteiger partial charge on any atom is 0.260 e. The van der Waals surface area contributed by atoms with Gasteiger partial charge in [-0.15, -0.1) is 0 Å². The van der Waals surface area contributed by atoms with Gasteiger partial charge in [-0.2, -0.15) is 5.26 Å². The summed E-state index contributed by atoms with van der Waals surface area (Å²) >= 11 is 0. The molecule has 0 radical (unpaired) electrons. The smallest absolute Gasteiger partial charge is 0.260 e. The third kappa shape index (κ3) is 4.29. The van der Waals surface area contributed by atoms with Gasteiger partial charge >= 0.3 is 0 Å². The van der Waals surface area contributed by atoms with E-state index in [9.17, 15) is 4.79 Å². The highest BCUT2D eigenvalue weighted by Crippen LogP contribution is 2.29. The fourth-order valence-corrected chi connectivity index (χ4v) is 3.17. The summed E-state index contributed by atoms with van der Waals surface area (Å²) in [4.78, 5) is 16.5. The number of para-hydroxylation sites is 2. The number of piperazine rings is 1. The Morgan fingerprint density at radius 2 is 1.71 bits per heavy atom. The van der Waals surface area contributed by atoms with Gasteiger partial charge in [0.25, 0.3) is 5.91 Å². The number of ether oxygens (including phenoxy) is 3. The Labute approximate surface area is 164 Å². The molecule has 1 saturated heterocycles. The Balaban J connectivity index is 1.55. The molecule has 7 nitrogen and oxygen atoms in total. The second-order valence-electron chi connectivity index (χ2n) is 6.31. The number of nitrogens with zero attached hydrogens (tertiary/aromatic N) is 3. The lowest BCUT2D eigenvalue weighted by Crippen LogP contribution is -2.50. The van der Waals surface area contributed by atoms with Crippen molar-refractivity contribution in [2.45, 2.75) is 0 Å². The van der Waals surface area contributed by atoms with Crippen LogP contribution < -0.4 is 19.1 Å². The number of hydrogen-bond acceptors (Lipinski definition) is 6. The first kappa shape index (κ1) is 19.4. The average Bonchev–Trinajstić information content (AvgIpc) is 2.77. The molecule has 0 unspecified atom stereocenters. The van der Waals surface area contributed by atoms with Crippen molar-refractivity contribution in [2.75, 3.05) is 51.9 Å². The van der Waals surface area contributed by atoms with E-state index in [-0.39, 0.29) is 12.5 Å². The number of rotatable bonds is 6. The lowest BCUT2D eigenvalue weighted by molar-refractivity contribution is -0.133. The van der Waals surface area contributed by atoms with E-state index in [1.807, 2.05) is 30.3 Å². The summed E-state index contributed by atoms with van der Waals surface area (Å²) in [5, 5.41) is 8.95. The van der Waals surface area contributed by atoms with E-state index in [2.05, 4.69) is 4.90 Å². The number of amides is 1. The summed E-state index contributed by atoms with van der Waals surface area (Å²) in [5.74, 6) is 1.64. The van der Waals surface area contributed by atoms with E-state index in [0.29, 0.717) is 30.2 Å². The van der Waals surface area contributed by atoms with Crippen molar-refractivity contribution in [3.8, 4) is 23.3 Å². The van der Waals surface area contributed by atoms with Crippen LogP contribution in [0.25, 0.3) is 0 Å². The summed E-state index contributed by atoms with van der Waals surface area (Å²) in [7, 11) is 3.16. The molecule has 0 saturated carbocycles. The van der Waals surface area contributed by atoms with Crippen molar-refractivity contribution < 1.29 is 19.0 Å². The van der Waals surface area contributed by atoms with E-state index < -0.39 is 0 Å². The zero-order valence-electron chi connectivity index (χ0n) is 16.1. The Morgan fingerprint density at radius 3 is 2.39 bits per heavy atom. The van der Waals surface area contributed by atoms with Crippen LogP contribution in [0.2, 0.25) is 0 Å². The van der Waals surface area contributed by atoms with Gasteiger partial charge in [-0.1, -0.05) is 12.1 Å². The molecular weight excluding hydrogens is 358 g/mol. The largest absolute Gasteiger partial charge is 0.495 e. The monoisotopic (exact) mass is 381 g/mol. The number of benzene rings is 2. The lowest BCUT2D eigenvalue weighted by atomic mass is 10.2. The number of carbonyl (C=O) groups excluding carboxylic acids is 1. The van der Waals surface area contributed by atoms with Crippen LogP contribution in [0.3, 0.4) is 0 Å². The third-order valence-electron chi connectivity index (χ3n) is 4.70. The van der Waals surface area contributed by atoms with Crippen LogP contribution in [0.4, 0.5) is 5.69 Å². The summed E-state index contributed by atoms with van der Waals surface area (Å²) in [5.41, 5.74) is 1.51. The van der Waals surface area contributed by atoms with Gasteiger partial charge in [0.15, 0.2) is 18.1 Å². The van der Waals surface area contributed by atoms with Gasteiger partial charge in [0.1, 0.15) is 5.75 Å². The zero-order valence-corrected chi connectivity index (χ0v) is 16.1. The molecule has 0 spiro atoms. The fraction of sp³-hybridized carbons (Fsp3) is 0.333. The molecule has 2 aromatic rings. The highest BCUT2D eigenvalue weighted by atomic mass is 16.5. The second-order valence-corrected chi connectivity index (χ2v) is 6.31. The molecule has 2 aromatic carbocycles. The molecule has 7 heteroatoms. The molecule has 0 atom stereocenters. The average molecular weight is 381 g/mol. The number of anilines is 1. The second kappa shape index (κ2) is 9.00. The van der Waals surface area contributed by atoms with Gasteiger partial charge in [-0.25, -0.2) is 0 Å². The van der Waals surface area contributed by atoms with E-state index >= 15 is 0 Å². The van der Waals surface area contributed by atoms with E-state index in [4.69, 9.17) is 19.5 Å². The van der Waals surface area contributed by atoms with E-state index in [0.717, 1.165) is 24.5 Å². The summed E-state index contributed by atoms with van der Waals surface area (Å²) in [6.07, 6.45) is 0. The molecule has 0 aliphatic carbocycles. The van der Waals surface area contributed by atoms with Crippen LogP contribution >= 0.6 is 0 Å². The molecule has 1 aliphatic rings. The lowest BCUT2D eigenvalue weighted by Gasteiger charge is -2.36. The van der Waals surface area contributed by atoms with Crippen molar-refractivity contribution in [2.24, 2.45) is 0 Å². The van der Waals surface area contributed by atoms with Crippen LogP contribution in [0.5, 0.6) is 17.2 Å². The van der Waals surface area contributed by atoms with Gasteiger partial charge in [0.2, 0.25) is 0 Å². The Hall–Kier alpha value is -3.40. The minimum atomic E-state index is -0.0777. The molecule has 3 rings (SSSR count). The van der Waals surface area contributed by atoms with Crippen molar-refractivity contribution in [1.82, 2.24) is 4.90 Å². The van der Waals surface area contributed by atoms with Crippen LogP contribution in [0, 0.1) is 11.3 Å². The number of methoxy groups -OCH3 is 2. The Kier molecular flexibility index (Phi) is 6.22. The van der Waals surface area contributed by atoms with Crippen molar-refractivity contribution in [3.05, 3.63) is 48.0 Å². The van der Waals surface area contributed by atoms with E-state index in [1.165, 1.54) is 7.11 Å². The standard InChI is InChI=1S/C21H23N3O4/c1-26-18-6-4-3-5-17(18)23-9-11-24(12-10-23)21(25)15-28-19-8-7-16(14-22)13-20(19)27-2/h3-8,13H,9-12,15H2,1-2H3. The van der Waals surface area contributed by atoms with Crippen LogP contribution in [0.15, 0.2) is 42.5 Å². The van der Waals surface area contributed by atoms with Gasteiger partial charge in [0, 0.05) is 32.2 Å². The van der Waals surface area contributed by atoms with Gasteiger partial charge in [-0.05, 0) is 24.3 Å². The van der Waals surface area contributed by atoms with Crippen LogP contribution in [0.1, 0.15) is 5.56 Å². The summed E-state index contributed by atoms with van der Waals surface area (Å²) in [6.45, 7) is 2.62. The fourth-order valence-electron chi connectivity index (χ4n) is 3.17. The van der Waals surface area contributed by atoms with E-state index in [1.54, 1.807) is 30.2 Å². The molecule has 146 valence electrons. The summed E-state index contributed by atoms with van der Waals surface area (Å²) < 4.78 is 16.3. The van der Waals surface area contributed by atoms with Crippen molar-refractivity contribution in [3.63, 3.8) is 0 Å². The topological polar surface area (TPSA) is 75.0 Å². The highest BCUT2D eigenvalue weighted by Gasteiger charge is 2.23. The molecule has 1 aliphatic heterocycles. The van der Waals surface area contributed by atoms with Crippen LogP contribution in [-0.2, 0) is 4.79 Å². The Bertz CT molecular complexity index is 870. The third-order valence-corrected chi connectivity index (χ3v) is 4.70. The number of carbonyl (C=O) groups is 1. The molecule has 1 amide bonds. The summed E-state index contributed by atoms with van der Waals surface area (Å²) in [6, 6.07) is 14.8. The van der Waals surface area contributed by atoms with Gasteiger partial charge in [0.05, 0.1) is 31.5 Å². The maximum atomic E-state index is 12.5. The maximum absolute atomic E-state index is 12.5. The Morgan fingerprint density at radius 1 is 1.00 bits per heavy atom.